The summed E-state index contributed by atoms with van der Waals surface area (Å²) in [7, 11) is 4.77. The van der Waals surface area contributed by atoms with Gasteiger partial charge in [-0.2, -0.15) is 5.26 Å². The monoisotopic (exact) mass is 533 g/mol. The lowest BCUT2D eigenvalue weighted by Gasteiger charge is -2.32. The molecule has 1 aromatic carbocycles. The van der Waals surface area contributed by atoms with Crippen LogP contribution in [-0.4, -0.2) is 67.1 Å². The molecule has 1 unspecified atom stereocenters. The Balaban J connectivity index is 1.51. The van der Waals surface area contributed by atoms with Crippen LogP contribution in [0.25, 0.3) is 33.7 Å². The molecule has 1 saturated heterocycles. The first-order chi connectivity index (χ1) is 18.7. The largest absolute Gasteiger partial charge is 0.494 e. The summed E-state index contributed by atoms with van der Waals surface area (Å²) in [5.41, 5.74) is 3.12. The molecule has 3 aromatic heterocycles. The summed E-state index contributed by atoms with van der Waals surface area (Å²) in [6.45, 7) is -0.0633. The van der Waals surface area contributed by atoms with Gasteiger partial charge in [-0.25, -0.2) is 13.8 Å². The second-order valence-electron chi connectivity index (χ2n) is 9.31. The van der Waals surface area contributed by atoms with Crippen LogP contribution in [0.15, 0.2) is 53.2 Å². The molecule has 200 valence electrons. The highest BCUT2D eigenvalue weighted by Crippen LogP contribution is 2.38. The number of fused-ring (bicyclic) bond motifs is 1. The van der Waals surface area contributed by atoms with Gasteiger partial charge in [-0.1, -0.05) is 6.07 Å². The Morgan fingerprint density at radius 2 is 2.03 bits per heavy atom. The molecule has 1 atom stereocenters. The summed E-state index contributed by atoms with van der Waals surface area (Å²) in [4.78, 5) is 22.6. The summed E-state index contributed by atoms with van der Waals surface area (Å²) >= 11 is 0. The van der Waals surface area contributed by atoms with Crippen LogP contribution in [0.5, 0.6) is 11.5 Å². The number of benzene rings is 1. The van der Waals surface area contributed by atoms with Crippen LogP contribution >= 0.6 is 0 Å². The van der Waals surface area contributed by atoms with Crippen LogP contribution in [0.3, 0.4) is 0 Å². The lowest BCUT2D eigenvalue weighted by molar-refractivity contribution is -0.109. The van der Waals surface area contributed by atoms with Crippen LogP contribution in [-0.2, 0) is 0 Å². The zero-order valence-corrected chi connectivity index (χ0v) is 21.5. The first-order valence-corrected chi connectivity index (χ1v) is 12.2. The number of amides is 1. The van der Waals surface area contributed by atoms with Gasteiger partial charge < -0.3 is 24.1 Å². The molecule has 4 heterocycles. The molecule has 39 heavy (non-hydrogen) atoms. The average Bonchev–Trinajstić information content (AvgIpc) is 3.38. The molecule has 9 nitrogen and oxygen atoms in total. The fourth-order valence-corrected chi connectivity index (χ4v) is 4.44. The van der Waals surface area contributed by atoms with Gasteiger partial charge in [-0.15, -0.1) is 0 Å². The number of carbonyl (C=O) groups is 1. The van der Waals surface area contributed by atoms with E-state index in [1.165, 1.54) is 24.3 Å². The fraction of sp³-hybridized carbons (Fsp3) is 0.286. The molecule has 5 rings (SSSR count). The van der Waals surface area contributed by atoms with E-state index in [0.29, 0.717) is 51.5 Å². The fourth-order valence-electron chi connectivity index (χ4n) is 4.44. The van der Waals surface area contributed by atoms with E-state index in [1.54, 1.807) is 50.6 Å². The number of methoxy groups -OCH3 is 1. The van der Waals surface area contributed by atoms with Crippen LogP contribution in [0.2, 0.25) is 0 Å². The summed E-state index contributed by atoms with van der Waals surface area (Å²) in [6, 6.07) is 11.9. The molecule has 4 aromatic rings. The number of furan rings is 1. The summed E-state index contributed by atoms with van der Waals surface area (Å²) in [6.07, 6.45) is 1.86. The third-order valence-electron chi connectivity index (χ3n) is 6.47. The second-order valence-corrected chi connectivity index (χ2v) is 9.31. The van der Waals surface area contributed by atoms with Gasteiger partial charge >= 0.3 is 0 Å². The van der Waals surface area contributed by atoms with Crippen molar-refractivity contribution in [2.24, 2.45) is 0 Å². The molecule has 1 aliphatic heterocycles. The number of piperidine rings is 1. The first-order valence-electron chi connectivity index (χ1n) is 12.2. The number of aromatic nitrogens is 2. The minimum Gasteiger partial charge on any atom is -0.494 e. The number of nitriles is 1. The van der Waals surface area contributed by atoms with Crippen molar-refractivity contribution in [1.82, 2.24) is 20.2 Å². The maximum Gasteiger partial charge on any atom is 0.296 e. The smallest absolute Gasteiger partial charge is 0.296 e. The number of halogens is 2. The number of rotatable bonds is 6. The maximum atomic E-state index is 14.3. The summed E-state index contributed by atoms with van der Waals surface area (Å²) in [5, 5.41) is 12.4. The van der Waals surface area contributed by atoms with E-state index in [1.807, 2.05) is 6.07 Å². The van der Waals surface area contributed by atoms with Gasteiger partial charge in [-0.05, 0) is 36.4 Å². The van der Waals surface area contributed by atoms with E-state index in [-0.39, 0.29) is 23.6 Å². The predicted molar refractivity (Wildman–Crippen MR) is 139 cm³/mol. The van der Waals surface area contributed by atoms with Crippen molar-refractivity contribution in [3.05, 3.63) is 59.9 Å². The zero-order chi connectivity index (χ0) is 27.7. The molecule has 0 bridgehead atoms. The number of ether oxygens (including phenoxy) is 2. The summed E-state index contributed by atoms with van der Waals surface area (Å²) < 4.78 is 45.8. The van der Waals surface area contributed by atoms with E-state index in [4.69, 9.17) is 13.9 Å². The van der Waals surface area contributed by atoms with Crippen LogP contribution in [0.4, 0.5) is 8.78 Å². The van der Waals surface area contributed by atoms with Gasteiger partial charge in [0.05, 0.1) is 24.8 Å². The Labute approximate surface area is 223 Å². The van der Waals surface area contributed by atoms with E-state index < -0.39 is 18.6 Å². The molecular formula is C28H25F2N5O4. The lowest BCUT2D eigenvalue weighted by Crippen LogP contribution is -2.52. The third-order valence-corrected chi connectivity index (χ3v) is 6.47. The maximum absolute atomic E-state index is 14.3. The molecular weight excluding hydrogens is 508 g/mol. The van der Waals surface area contributed by atoms with E-state index >= 15 is 0 Å². The van der Waals surface area contributed by atoms with Crippen LogP contribution in [0, 0.1) is 11.3 Å². The highest BCUT2D eigenvalue weighted by molar-refractivity contribution is 5.95. The number of nitrogens with one attached hydrogen (secondary N) is 1. The van der Waals surface area contributed by atoms with Crippen molar-refractivity contribution >= 4 is 17.0 Å². The van der Waals surface area contributed by atoms with Gasteiger partial charge in [-0.3, -0.25) is 9.78 Å². The standard InChI is InChI=1S/C28H25F2N5O4/c1-35(2)27(36)18-11-22(37-3)25(34-14-18)23-12-20-26(39-23)19(6-9-33-20)16-4-5-21(17(10-16)13-31)38-24-7-8-32-15-28(24,29)30/h4-6,9-12,14,24,32H,7-8,15H2,1-3H3. The quantitative estimate of drug-likeness (QED) is 0.385. The van der Waals surface area contributed by atoms with Crippen LogP contribution in [0.1, 0.15) is 22.3 Å². The molecule has 1 amide bonds. The number of pyridine rings is 2. The number of hydrogen-bond acceptors (Lipinski definition) is 8. The molecule has 0 saturated carbocycles. The summed E-state index contributed by atoms with van der Waals surface area (Å²) in [5.74, 6) is -2.44. The average molecular weight is 534 g/mol. The van der Waals surface area contributed by atoms with Crippen molar-refractivity contribution in [2.45, 2.75) is 18.4 Å². The zero-order valence-electron chi connectivity index (χ0n) is 21.5. The highest BCUT2D eigenvalue weighted by Gasteiger charge is 2.43. The Kier molecular flexibility index (Phi) is 6.89. The third kappa shape index (κ3) is 4.98. The van der Waals surface area contributed by atoms with Crippen molar-refractivity contribution in [3.8, 4) is 40.1 Å². The van der Waals surface area contributed by atoms with Crippen molar-refractivity contribution in [2.75, 3.05) is 34.3 Å². The Morgan fingerprint density at radius 1 is 1.21 bits per heavy atom. The topological polar surface area (TPSA) is 114 Å². The van der Waals surface area contributed by atoms with E-state index in [9.17, 15) is 18.8 Å². The molecule has 11 heteroatoms. The van der Waals surface area contributed by atoms with Crippen molar-refractivity contribution < 1.29 is 27.5 Å². The Hall–Kier alpha value is -4.56. The van der Waals surface area contributed by atoms with Crippen molar-refractivity contribution in [3.63, 3.8) is 0 Å². The van der Waals surface area contributed by atoms with Crippen molar-refractivity contribution in [1.29, 1.82) is 5.26 Å². The molecule has 1 aliphatic rings. The van der Waals surface area contributed by atoms with Gasteiger partial charge in [0.1, 0.15) is 28.8 Å². The number of alkyl halides is 2. The van der Waals surface area contributed by atoms with Gasteiger partial charge in [0, 0.05) is 44.5 Å². The molecule has 0 radical (unpaired) electrons. The molecule has 0 spiro atoms. The van der Waals surface area contributed by atoms with Gasteiger partial charge in [0.15, 0.2) is 17.4 Å². The lowest BCUT2D eigenvalue weighted by atomic mass is 10.0. The number of hydrogen-bond donors (Lipinski definition) is 1. The SMILES string of the molecule is COc1cc(C(=O)N(C)C)cnc1-c1cc2nccc(-c3ccc(OC4CCNCC4(F)F)c(C#N)c3)c2o1. The predicted octanol–water partition coefficient (Wildman–Crippen LogP) is 4.51. The normalized spacial score (nSPS) is 16.5. The molecule has 1 N–H and O–H groups in total. The van der Waals surface area contributed by atoms with Crippen LogP contribution < -0.4 is 14.8 Å². The molecule has 1 fully saturated rings. The molecule has 0 aliphatic carbocycles. The Bertz CT molecular complexity index is 1590. The van der Waals surface area contributed by atoms with E-state index in [2.05, 4.69) is 15.3 Å². The minimum atomic E-state index is -3.04. The highest BCUT2D eigenvalue weighted by atomic mass is 19.3. The Morgan fingerprint density at radius 3 is 2.74 bits per heavy atom. The first kappa shape index (κ1) is 26.1. The minimum absolute atomic E-state index is 0.0968. The van der Waals surface area contributed by atoms with E-state index in [0.717, 1.165) is 0 Å². The van der Waals surface area contributed by atoms with Gasteiger partial charge in [0.2, 0.25) is 0 Å². The van der Waals surface area contributed by atoms with Gasteiger partial charge in [0.25, 0.3) is 11.8 Å². The number of nitrogens with zero attached hydrogens (tertiary/aromatic N) is 4. The second kappa shape index (κ2) is 10.3. The number of carbonyl (C=O) groups excluding carboxylic acids is 1.